The van der Waals surface area contributed by atoms with Gasteiger partial charge in [0.25, 0.3) is 0 Å². The number of thioether (sulfide) groups is 1. The zero-order valence-corrected chi connectivity index (χ0v) is 21.8. The maximum absolute atomic E-state index is 12.2. The summed E-state index contributed by atoms with van der Waals surface area (Å²) in [5.74, 6) is -0.832. The molecule has 1 aromatic heterocycles. The van der Waals surface area contributed by atoms with E-state index in [4.69, 9.17) is 33.3 Å². The largest absolute Gasteiger partial charge is 0.450 e. The van der Waals surface area contributed by atoms with Crippen LogP contribution in [-0.4, -0.2) is 48.7 Å². The zero-order valence-electron chi connectivity index (χ0n) is 17.8. The van der Waals surface area contributed by atoms with Gasteiger partial charge in [-0.3, -0.25) is 5.41 Å². The summed E-state index contributed by atoms with van der Waals surface area (Å²) in [6.45, 7) is 0. The van der Waals surface area contributed by atoms with Gasteiger partial charge >= 0.3 is 5.97 Å². The first-order chi connectivity index (χ1) is 16.1. The number of rotatable bonds is 9. The lowest BCUT2D eigenvalue weighted by molar-refractivity contribution is -0.133. The number of hydrogen-bond acceptors (Lipinski definition) is 10. The van der Waals surface area contributed by atoms with Gasteiger partial charge in [0.1, 0.15) is 10.9 Å². The minimum atomic E-state index is -3.41. The Labute approximate surface area is 214 Å². The number of benzene rings is 2. The Hall–Kier alpha value is -2.44. The molecule has 0 radical (unpaired) electrons. The van der Waals surface area contributed by atoms with Crippen molar-refractivity contribution in [2.75, 3.05) is 23.8 Å². The van der Waals surface area contributed by atoms with Crippen LogP contribution in [0.1, 0.15) is 5.01 Å². The fraction of sp³-hybridized carbons (Fsp3) is 0.143. The van der Waals surface area contributed by atoms with E-state index in [1.165, 1.54) is 23.9 Å². The molecular formula is C21H18Cl2N4O4S3. The number of aromatic nitrogens is 2. The van der Waals surface area contributed by atoms with Gasteiger partial charge in [0, 0.05) is 11.8 Å². The summed E-state index contributed by atoms with van der Waals surface area (Å²) in [4.78, 5) is 12.4. The summed E-state index contributed by atoms with van der Waals surface area (Å²) in [6, 6.07) is 13.1. The summed E-state index contributed by atoms with van der Waals surface area (Å²) in [5.41, 5.74) is 0.567. The van der Waals surface area contributed by atoms with E-state index < -0.39 is 21.5 Å². The third kappa shape index (κ3) is 6.36. The third-order valence-corrected chi connectivity index (χ3v) is 7.39. The molecule has 3 aromatic rings. The highest BCUT2D eigenvalue weighted by atomic mass is 35.5. The number of anilines is 1. The van der Waals surface area contributed by atoms with Gasteiger partial charge in [-0.1, -0.05) is 58.8 Å². The summed E-state index contributed by atoms with van der Waals surface area (Å²) >= 11 is 15.1. The summed E-state index contributed by atoms with van der Waals surface area (Å²) in [7, 11) is -3.41. The van der Waals surface area contributed by atoms with Gasteiger partial charge in [-0.2, -0.15) is 0 Å². The fourth-order valence-electron chi connectivity index (χ4n) is 2.60. The van der Waals surface area contributed by atoms with Crippen LogP contribution in [0.4, 0.5) is 5.69 Å². The van der Waals surface area contributed by atoms with E-state index in [9.17, 15) is 13.2 Å². The first-order valence-corrected chi connectivity index (χ1v) is 14.3. The summed E-state index contributed by atoms with van der Waals surface area (Å²) in [6.07, 6.45) is 2.87. The maximum atomic E-state index is 12.2. The van der Waals surface area contributed by atoms with Gasteiger partial charge in [-0.15, -0.1) is 22.0 Å². The molecular weight excluding hydrogens is 539 g/mol. The number of carbonyl (C=O) groups excluding carboxylic acids is 1. The molecule has 8 nitrogen and oxygen atoms in total. The van der Waals surface area contributed by atoms with Crippen molar-refractivity contribution in [1.29, 1.82) is 5.41 Å². The van der Waals surface area contributed by atoms with E-state index in [-0.39, 0.29) is 26.6 Å². The Morgan fingerprint density at radius 2 is 1.94 bits per heavy atom. The number of esters is 1. The van der Waals surface area contributed by atoms with E-state index in [1.807, 2.05) is 0 Å². The Kier molecular flexibility index (Phi) is 8.72. The molecule has 3 rings (SSSR count). The number of para-hydroxylation sites is 1. The van der Waals surface area contributed by atoms with Crippen LogP contribution in [0, 0.1) is 5.41 Å². The number of nitrogens with zero attached hydrogens (tertiary/aromatic N) is 2. The van der Waals surface area contributed by atoms with Crippen molar-refractivity contribution >= 4 is 79.2 Å². The third-order valence-electron chi connectivity index (χ3n) is 4.23. The molecule has 1 heterocycles. The highest BCUT2D eigenvalue weighted by molar-refractivity contribution is 7.98. The highest BCUT2D eigenvalue weighted by Crippen LogP contribution is 2.33. The van der Waals surface area contributed by atoms with E-state index in [0.29, 0.717) is 21.3 Å². The van der Waals surface area contributed by atoms with Crippen LogP contribution >= 0.6 is 46.3 Å². The van der Waals surface area contributed by atoms with Crippen LogP contribution in [-0.2, 0) is 19.4 Å². The van der Waals surface area contributed by atoms with E-state index in [2.05, 4.69) is 15.5 Å². The summed E-state index contributed by atoms with van der Waals surface area (Å²) in [5, 5.41) is 20.3. The average molecular weight is 558 g/mol. The molecule has 0 spiro atoms. The number of nitrogens with one attached hydrogen (secondary N) is 2. The Balaban J connectivity index is 2.06. The Morgan fingerprint density at radius 1 is 1.21 bits per heavy atom. The molecule has 0 atom stereocenters. The molecule has 178 valence electrons. The molecule has 0 amide bonds. The molecule has 0 bridgehead atoms. The first-order valence-electron chi connectivity index (χ1n) is 9.42. The molecule has 0 aliphatic carbocycles. The van der Waals surface area contributed by atoms with Crippen LogP contribution in [0.15, 0.2) is 58.5 Å². The van der Waals surface area contributed by atoms with Gasteiger partial charge in [0.2, 0.25) is 0 Å². The van der Waals surface area contributed by atoms with E-state index in [0.717, 1.165) is 17.6 Å². The topological polar surface area (TPSA) is 122 Å². The Morgan fingerprint density at radius 3 is 2.62 bits per heavy atom. The zero-order chi connectivity index (χ0) is 24.9. The molecule has 0 saturated heterocycles. The van der Waals surface area contributed by atoms with Gasteiger partial charge in [-0.05, 0) is 30.5 Å². The van der Waals surface area contributed by atoms with Crippen molar-refractivity contribution < 1.29 is 17.9 Å². The van der Waals surface area contributed by atoms with E-state index in [1.54, 1.807) is 42.7 Å². The highest BCUT2D eigenvalue weighted by Gasteiger charge is 2.23. The molecule has 34 heavy (non-hydrogen) atoms. The van der Waals surface area contributed by atoms with Crippen LogP contribution < -0.4 is 5.32 Å². The maximum Gasteiger partial charge on any atom is 0.358 e. The van der Waals surface area contributed by atoms with E-state index >= 15 is 0 Å². The standard InChI is InChI=1S/C21H18Cl2N4O4S3/c1-32-11-31-21(28)17(24)16(23)18(25-15-9-4-3-8-14(15)22)20-27-26-19(33-20)12-6-5-7-13(10-12)34(2,29)30/h3-10,24-25H,11H2,1-2H3/b18-16+,24-17?. The number of sulfone groups is 1. The SMILES string of the molecule is CSCOC(=O)C(=N)/C(Cl)=C(\Nc1ccccc1Cl)c1nnc(-c2cccc(S(C)(=O)=O)c2)s1. The minimum absolute atomic E-state index is 0.0677. The van der Waals surface area contributed by atoms with Gasteiger partial charge in [0.05, 0.1) is 26.3 Å². The van der Waals surface area contributed by atoms with Crippen molar-refractivity contribution in [1.82, 2.24) is 10.2 Å². The summed E-state index contributed by atoms with van der Waals surface area (Å²) < 4.78 is 28.8. The molecule has 0 unspecified atom stereocenters. The number of ether oxygens (including phenoxy) is 1. The predicted octanol–water partition coefficient (Wildman–Crippen LogP) is 5.16. The lowest BCUT2D eigenvalue weighted by atomic mass is 10.2. The molecule has 2 aromatic carbocycles. The van der Waals surface area contributed by atoms with Crippen LogP contribution in [0.25, 0.3) is 16.3 Å². The molecule has 0 aliphatic heterocycles. The second-order valence-electron chi connectivity index (χ2n) is 6.72. The number of hydrogen-bond donors (Lipinski definition) is 2. The normalized spacial score (nSPS) is 12.1. The lowest BCUT2D eigenvalue weighted by Crippen LogP contribution is -2.19. The number of halogens is 2. The quantitative estimate of drug-likeness (QED) is 0.210. The van der Waals surface area contributed by atoms with Gasteiger partial charge in [-0.25, -0.2) is 13.2 Å². The van der Waals surface area contributed by atoms with Crippen LogP contribution in [0.3, 0.4) is 0 Å². The smallest absolute Gasteiger partial charge is 0.358 e. The molecule has 0 fully saturated rings. The average Bonchev–Trinajstić information content (AvgIpc) is 3.30. The Bertz CT molecular complexity index is 1370. The van der Waals surface area contributed by atoms with Crippen molar-refractivity contribution in [2.45, 2.75) is 4.90 Å². The van der Waals surface area contributed by atoms with Crippen molar-refractivity contribution in [3.8, 4) is 10.6 Å². The first kappa shape index (κ1) is 26.2. The number of carbonyl (C=O) groups is 1. The van der Waals surface area contributed by atoms with Gasteiger partial charge in [0.15, 0.2) is 20.6 Å². The molecule has 0 aliphatic rings. The minimum Gasteiger partial charge on any atom is -0.450 e. The molecule has 2 N–H and O–H groups in total. The lowest BCUT2D eigenvalue weighted by Gasteiger charge is -2.13. The monoisotopic (exact) mass is 556 g/mol. The van der Waals surface area contributed by atoms with Crippen LogP contribution in [0.2, 0.25) is 5.02 Å². The second-order valence-corrected chi connectivity index (χ2v) is 11.3. The molecule has 0 saturated carbocycles. The second kappa shape index (κ2) is 11.3. The van der Waals surface area contributed by atoms with Gasteiger partial charge < -0.3 is 10.1 Å². The van der Waals surface area contributed by atoms with Crippen molar-refractivity contribution in [3.05, 3.63) is 63.6 Å². The fourth-order valence-corrected chi connectivity index (χ4v) is 4.79. The molecule has 13 heteroatoms. The van der Waals surface area contributed by atoms with Crippen LogP contribution in [0.5, 0.6) is 0 Å². The van der Waals surface area contributed by atoms with Crippen molar-refractivity contribution in [2.24, 2.45) is 0 Å². The predicted molar refractivity (Wildman–Crippen MR) is 139 cm³/mol. The van der Waals surface area contributed by atoms with Crippen molar-refractivity contribution in [3.63, 3.8) is 0 Å².